The molecule has 0 aliphatic carbocycles. The summed E-state index contributed by atoms with van der Waals surface area (Å²) in [5, 5.41) is 4.03. The van der Waals surface area contributed by atoms with Gasteiger partial charge in [0.1, 0.15) is 5.75 Å². The molecule has 0 amide bonds. The van der Waals surface area contributed by atoms with Crippen LogP contribution in [0.1, 0.15) is 11.5 Å². The Balaban J connectivity index is 1.56. The van der Waals surface area contributed by atoms with Crippen molar-refractivity contribution in [1.82, 2.24) is 10.1 Å². The first kappa shape index (κ1) is 13.6. The molecule has 0 bridgehead atoms. The summed E-state index contributed by atoms with van der Waals surface area (Å²) in [6.07, 6.45) is 0.535. The largest absolute Gasteiger partial charge is 0.497 e. The smallest absolute Gasteiger partial charge is 0.231 e. The molecule has 2 heterocycles. The molecule has 4 rings (SSSR count). The van der Waals surface area contributed by atoms with Gasteiger partial charge in [-0.2, -0.15) is 4.98 Å². The summed E-state index contributed by atoms with van der Waals surface area (Å²) in [5.41, 5.74) is 1.88. The summed E-state index contributed by atoms with van der Waals surface area (Å²) in [7, 11) is 1.63. The standard InChI is InChI=1S/C17H14N2O4/c1-20-13-4-2-3-12(9-13)17-18-16(23-19-17)8-11-5-6-14-15(7-11)22-10-21-14/h2-7,9H,8,10H2,1H3. The Bertz CT molecular complexity index is 844. The molecule has 0 unspecified atom stereocenters. The zero-order valence-electron chi connectivity index (χ0n) is 12.5. The van der Waals surface area contributed by atoms with Gasteiger partial charge in [0.2, 0.25) is 18.5 Å². The van der Waals surface area contributed by atoms with Crippen LogP contribution in [0, 0.1) is 0 Å². The summed E-state index contributed by atoms with van der Waals surface area (Å²) in [6, 6.07) is 13.3. The summed E-state index contributed by atoms with van der Waals surface area (Å²) >= 11 is 0. The highest BCUT2D eigenvalue weighted by Gasteiger charge is 2.15. The van der Waals surface area contributed by atoms with Gasteiger partial charge in [-0.1, -0.05) is 23.4 Å². The molecule has 0 saturated carbocycles. The van der Waals surface area contributed by atoms with E-state index >= 15 is 0 Å². The van der Waals surface area contributed by atoms with Gasteiger partial charge >= 0.3 is 0 Å². The summed E-state index contributed by atoms with van der Waals surface area (Å²) < 4.78 is 21.2. The van der Waals surface area contributed by atoms with E-state index in [1.165, 1.54) is 0 Å². The number of hydrogen-bond donors (Lipinski definition) is 0. The van der Waals surface area contributed by atoms with E-state index in [0.717, 1.165) is 28.4 Å². The fraction of sp³-hybridized carbons (Fsp3) is 0.176. The third-order valence-electron chi connectivity index (χ3n) is 3.59. The van der Waals surface area contributed by atoms with Crippen molar-refractivity contribution >= 4 is 0 Å². The molecule has 2 aromatic carbocycles. The molecule has 6 nitrogen and oxygen atoms in total. The lowest BCUT2D eigenvalue weighted by Gasteiger charge is -2.00. The molecule has 1 aliphatic heterocycles. The first-order chi connectivity index (χ1) is 11.3. The van der Waals surface area contributed by atoms with Crippen LogP contribution in [0.3, 0.4) is 0 Å². The summed E-state index contributed by atoms with van der Waals surface area (Å²) in [5.74, 6) is 3.34. The van der Waals surface area contributed by atoms with Crippen LogP contribution in [0.5, 0.6) is 17.2 Å². The van der Waals surface area contributed by atoms with E-state index in [0.29, 0.717) is 18.1 Å². The van der Waals surface area contributed by atoms with Crippen LogP contribution in [0.25, 0.3) is 11.4 Å². The van der Waals surface area contributed by atoms with Crippen molar-refractivity contribution in [2.75, 3.05) is 13.9 Å². The van der Waals surface area contributed by atoms with Crippen LogP contribution in [-0.2, 0) is 6.42 Å². The number of rotatable bonds is 4. The lowest BCUT2D eigenvalue weighted by Crippen LogP contribution is -1.93. The zero-order chi connectivity index (χ0) is 15.6. The Labute approximate surface area is 132 Å². The number of hydrogen-bond acceptors (Lipinski definition) is 6. The number of nitrogens with zero attached hydrogens (tertiary/aromatic N) is 2. The normalized spacial score (nSPS) is 12.4. The SMILES string of the molecule is COc1cccc(-c2noc(Cc3ccc4c(c3)OCO4)n2)c1. The first-order valence-corrected chi connectivity index (χ1v) is 7.17. The Morgan fingerprint density at radius 1 is 1.09 bits per heavy atom. The zero-order valence-corrected chi connectivity index (χ0v) is 12.5. The van der Waals surface area contributed by atoms with E-state index in [1.807, 2.05) is 42.5 Å². The van der Waals surface area contributed by atoms with Crippen molar-refractivity contribution in [3.05, 3.63) is 53.9 Å². The number of ether oxygens (including phenoxy) is 3. The molecule has 1 aromatic heterocycles. The lowest BCUT2D eigenvalue weighted by molar-refractivity contribution is 0.174. The van der Waals surface area contributed by atoms with E-state index in [-0.39, 0.29) is 6.79 Å². The molecular weight excluding hydrogens is 296 g/mol. The third kappa shape index (κ3) is 2.70. The highest BCUT2D eigenvalue weighted by atomic mass is 16.7. The monoisotopic (exact) mass is 310 g/mol. The fourth-order valence-electron chi connectivity index (χ4n) is 2.43. The average molecular weight is 310 g/mol. The number of benzene rings is 2. The van der Waals surface area contributed by atoms with Crippen LogP contribution in [0.2, 0.25) is 0 Å². The highest BCUT2D eigenvalue weighted by Crippen LogP contribution is 2.33. The van der Waals surface area contributed by atoms with E-state index < -0.39 is 0 Å². The predicted octanol–water partition coefficient (Wildman–Crippen LogP) is 3.06. The highest BCUT2D eigenvalue weighted by molar-refractivity contribution is 5.57. The van der Waals surface area contributed by atoms with Gasteiger partial charge in [-0.05, 0) is 29.8 Å². The van der Waals surface area contributed by atoms with Gasteiger partial charge in [0.15, 0.2) is 11.5 Å². The molecule has 0 spiro atoms. The fourth-order valence-corrected chi connectivity index (χ4v) is 2.43. The number of methoxy groups -OCH3 is 1. The van der Waals surface area contributed by atoms with Gasteiger partial charge in [-0.25, -0.2) is 0 Å². The van der Waals surface area contributed by atoms with Crippen LogP contribution < -0.4 is 14.2 Å². The molecule has 116 valence electrons. The number of fused-ring (bicyclic) bond motifs is 1. The molecule has 1 aliphatic rings. The molecule has 3 aromatic rings. The van der Waals surface area contributed by atoms with Crippen molar-refractivity contribution in [3.8, 4) is 28.6 Å². The van der Waals surface area contributed by atoms with Gasteiger partial charge in [-0.3, -0.25) is 0 Å². The van der Waals surface area contributed by atoms with E-state index in [2.05, 4.69) is 10.1 Å². The second kappa shape index (κ2) is 5.64. The Morgan fingerprint density at radius 2 is 2.00 bits per heavy atom. The van der Waals surface area contributed by atoms with Crippen molar-refractivity contribution < 1.29 is 18.7 Å². The van der Waals surface area contributed by atoms with Crippen LogP contribution in [-0.4, -0.2) is 24.0 Å². The maximum absolute atomic E-state index is 5.37. The van der Waals surface area contributed by atoms with Crippen molar-refractivity contribution in [2.45, 2.75) is 6.42 Å². The Morgan fingerprint density at radius 3 is 2.91 bits per heavy atom. The maximum Gasteiger partial charge on any atom is 0.231 e. The summed E-state index contributed by atoms with van der Waals surface area (Å²) in [4.78, 5) is 4.44. The van der Waals surface area contributed by atoms with Gasteiger partial charge < -0.3 is 18.7 Å². The van der Waals surface area contributed by atoms with Gasteiger partial charge in [0.05, 0.1) is 13.5 Å². The van der Waals surface area contributed by atoms with Crippen molar-refractivity contribution in [2.24, 2.45) is 0 Å². The third-order valence-corrected chi connectivity index (χ3v) is 3.59. The Hall–Kier alpha value is -3.02. The van der Waals surface area contributed by atoms with Crippen molar-refractivity contribution in [3.63, 3.8) is 0 Å². The molecular formula is C17H14N2O4. The average Bonchev–Trinajstić information content (AvgIpc) is 3.24. The lowest BCUT2D eigenvalue weighted by atomic mass is 10.1. The van der Waals surface area contributed by atoms with Gasteiger partial charge in [0.25, 0.3) is 0 Å². The van der Waals surface area contributed by atoms with Crippen LogP contribution in [0.15, 0.2) is 47.0 Å². The maximum atomic E-state index is 5.37. The topological polar surface area (TPSA) is 66.6 Å². The first-order valence-electron chi connectivity index (χ1n) is 7.17. The minimum atomic E-state index is 0.263. The Kier molecular flexibility index (Phi) is 3.34. The number of aromatic nitrogens is 2. The van der Waals surface area contributed by atoms with E-state index in [1.54, 1.807) is 7.11 Å². The van der Waals surface area contributed by atoms with E-state index in [4.69, 9.17) is 18.7 Å². The minimum Gasteiger partial charge on any atom is -0.497 e. The molecule has 23 heavy (non-hydrogen) atoms. The minimum absolute atomic E-state index is 0.263. The molecule has 0 atom stereocenters. The predicted molar refractivity (Wildman–Crippen MR) is 81.7 cm³/mol. The van der Waals surface area contributed by atoms with E-state index in [9.17, 15) is 0 Å². The molecule has 0 saturated heterocycles. The quantitative estimate of drug-likeness (QED) is 0.738. The van der Waals surface area contributed by atoms with Crippen LogP contribution >= 0.6 is 0 Å². The second-order valence-corrected chi connectivity index (χ2v) is 5.11. The van der Waals surface area contributed by atoms with Gasteiger partial charge in [0, 0.05) is 5.56 Å². The second-order valence-electron chi connectivity index (χ2n) is 5.11. The molecule has 0 radical (unpaired) electrons. The van der Waals surface area contributed by atoms with Gasteiger partial charge in [-0.15, -0.1) is 0 Å². The van der Waals surface area contributed by atoms with Crippen LogP contribution in [0.4, 0.5) is 0 Å². The molecule has 0 fully saturated rings. The summed E-state index contributed by atoms with van der Waals surface area (Å²) in [6.45, 7) is 0.263. The molecule has 6 heteroatoms. The molecule has 0 N–H and O–H groups in total. The van der Waals surface area contributed by atoms with Crippen molar-refractivity contribution in [1.29, 1.82) is 0 Å².